The molecule has 148 valence electrons. The van der Waals surface area contributed by atoms with Crippen LogP contribution < -0.4 is 15.6 Å². The number of nitrogens with one attached hydrogen (secondary N) is 2. The summed E-state index contributed by atoms with van der Waals surface area (Å²) in [6.07, 6.45) is 0. The summed E-state index contributed by atoms with van der Waals surface area (Å²) in [5.74, 6) is 1.80. The molecule has 28 heavy (non-hydrogen) atoms. The predicted octanol–water partition coefficient (Wildman–Crippen LogP) is 3.55. The van der Waals surface area contributed by atoms with E-state index in [0.29, 0.717) is 23.5 Å². The van der Waals surface area contributed by atoms with E-state index >= 15 is 0 Å². The summed E-state index contributed by atoms with van der Waals surface area (Å²) < 4.78 is 5.13. The Morgan fingerprint density at radius 2 is 2.04 bits per heavy atom. The summed E-state index contributed by atoms with van der Waals surface area (Å²) in [6.45, 7) is 6.24. The van der Waals surface area contributed by atoms with Gasteiger partial charge in [0.15, 0.2) is 0 Å². The van der Waals surface area contributed by atoms with Crippen molar-refractivity contribution in [2.24, 2.45) is 0 Å². The summed E-state index contributed by atoms with van der Waals surface area (Å²) in [6, 6.07) is 7.58. The molecule has 2 N–H and O–H groups in total. The fourth-order valence-electron chi connectivity index (χ4n) is 2.72. The van der Waals surface area contributed by atoms with E-state index in [-0.39, 0.29) is 16.7 Å². The Kier molecular flexibility index (Phi) is 6.41. The van der Waals surface area contributed by atoms with E-state index in [4.69, 9.17) is 4.74 Å². The first-order valence-corrected chi connectivity index (χ1v) is 10.8. The normalized spacial score (nSPS) is 12.1. The molecule has 0 unspecified atom stereocenters. The minimum absolute atomic E-state index is 0.0490. The quantitative estimate of drug-likeness (QED) is 0.614. The topological polar surface area (TPSA) is 84.1 Å². The van der Waals surface area contributed by atoms with Crippen LogP contribution in [-0.4, -0.2) is 28.2 Å². The zero-order chi connectivity index (χ0) is 20.3. The third kappa shape index (κ3) is 4.56. The number of fused-ring (bicyclic) bond motifs is 1. The number of benzene rings is 1. The van der Waals surface area contributed by atoms with Gasteiger partial charge in [0.25, 0.3) is 5.56 Å². The second-order valence-electron chi connectivity index (χ2n) is 6.50. The molecule has 0 spiro atoms. The SMILES string of the molecule is COc1ccc(CNC(=O)[C@H](C)SCc2nc3sc(C)c(C)c3c(=O)[nH]2)cc1. The fraction of sp³-hybridized carbons (Fsp3) is 0.350. The maximum atomic E-state index is 12.3. The van der Waals surface area contributed by atoms with Crippen molar-refractivity contribution in [1.82, 2.24) is 15.3 Å². The average molecular weight is 418 g/mol. The number of carbonyl (C=O) groups excluding carboxylic acids is 1. The van der Waals surface area contributed by atoms with Crippen LogP contribution in [0, 0.1) is 13.8 Å². The number of carbonyl (C=O) groups is 1. The van der Waals surface area contributed by atoms with Crippen LogP contribution in [0.4, 0.5) is 0 Å². The number of hydrogen-bond acceptors (Lipinski definition) is 6. The van der Waals surface area contributed by atoms with Crippen molar-refractivity contribution in [1.29, 1.82) is 0 Å². The zero-order valence-corrected chi connectivity index (χ0v) is 17.9. The molecule has 1 atom stereocenters. The van der Waals surface area contributed by atoms with Crippen LogP contribution in [0.3, 0.4) is 0 Å². The highest BCUT2D eigenvalue weighted by molar-refractivity contribution is 7.99. The van der Waals surface area contributed by atoms with E-state index in [1.54, 1.807) is 7.11 Å². The summed E-state index contributed by atoms with van der Waals surface area (Å²) in [7, 11) is 1.62. The van der Waals surface area contributed by atoms with Crippen molar-refractivity contribution in [2.45, 2.75) is 38.3 Å². The first-order valence-electron chi connectivity index (χ1n) is 8.90. The van der Waals surface area contributed by atoms with E-state index in [1.807, 2.05) is 45.0 Å². The van der Waals surface area contributed by atoms with Gasteiger partial charge in [-0.05, 0) is 44.0 Å². The van der Waals surface area contributed by atoms with Crippen LogP contribution in [0.2, 0.25) is 0 Å². The van der Waals surface area contributed by atoms with E-state index < -0.39 is 0 Å². The van der Waals surface area contributed by atoms with Crippen molar-refractivity contribution in [3.8, 4) is 5.75 Å². The van der Waals surface area contributed by atoms with Crippen LogP contribution >= 0.6 is 23.1 Å². The van der Waals surface area contributed by atoms with Gasteiger partial charge in [0, 0.05) is 11.4 Å². The smallest absolute Gasteiger partial charge is 0.259 e. The lowest BCUT2D eigenvalue weighted by molar-refractivity contribution is -0.120. The molecule has 0 saturated carbocycles. The van der Waals surface area contributed by atoms with Gasteiger partial charge in [-0.2, -0.15) is 0 Å². The molecule has 0 aliphatic rings. The van der Waals surface area contributed by atoms with Gasteiger partial charge in [0.2, 0.25) is 5.91 Å². The van der Waals surface area contributed by atoms with E-state index in [0.717, 1.165) is 26.6 Å². The number of aromatic nitrogens is 2. The molecular weight excluding hydrogens is 394 g/mol. The first-order chi connectivity index (χ1) is 13.4. The molecule has 2 heterocycles. The Bertz CT molecular complexity index is 1040. The van der Waals surface area contributed by atoms with Gasteiger partial charge in [-0.1, -0.05) is 12.1 Å². The molecule has 3 rings (SSSR count). The second kappa shape index (κ2) is 8.79. The molecule has 6 nitrogen and oxygen atoms in total. The molecule has 0 bridgehead atoms. The number of thiophene rings is 1. The van der Waals surface area contributed by atoms with Gasteiger partial charge in [-0.3, -0.25) is 9.59 Å². The van der Waals surface area contributed by atoms with E-state index in [1.165, 1.54) is 23.1 Å². The Balaban J connectivity index is 1.57. The standard InChI is InChI=1S/C20H23N3O3S2/c1-11-12(2)28-20-17(11)19(25)22-16(23-20)10-27-13(3)18(24)21-9-14-5-7-15(26-4)8-6-14/h5-8,13H,9-10H2,1-4H3,(H,21,24)(H,22,23,25)/t13-/m0/s1. The number of hydrogen-bond donors (Lipinski definition) is 2. The molecule has 0 radical (unpaired) electrons. The number of aromatic amines is 1. The molecule has 1 aromatic carbocycles. The summed E-state index contributed by atoms with van der Waals surface area (Å²) in [5, 5.41) is 3.34. The molecule has 0 fully saturated rings. The monoisotopic (exact) mass is 417 g/mol. The summed E-state index contributed by atoms with van der Waals surface area (Å²) in [4.78, 5) is 33.9. The molecule has 8 heteroatoms. The number of rotatable bonds is 7. The number of thioether (sulfide) groups is 1. The van der Waals surface area contributed by atoms with Crippen LogP contribution in [0.15, 0.2) is 29.1 Å². The molecule has 3 aromatic rings. The van der Waals surface area contributed by atoms with Crippen LogP contribution in [-0.2, 0) is 17.1 Å². The lowest BCUT2D eigenvalue weighted by atomic mass is 10.2. The Morgan fingerprint density at radius 3 is 2.71 bits per heavy atom. The molecule has 1 amide bonds. The third-order valence-electron chi connectivity index (χ3n) is 4.55. The maximum absolute atomic E-state index is 12.3. The minimum Gasteiger partial charge on any atom is -0.497 e. The van der Waals surface area contributed by atoms with Gasteiger partial charge in [-0.25, -0.2) is 4.98 Å². The van der Waals surface area contributed by atoms with Crippen molar-refractivity contribution in [3.63, 3.8) is 0 Å². The third-order valence-corrected chi connectivity index (χ3v) is 6.81. The fourth-order valence-corrected chi connectivity index (χ4v) is 4.55. The van der Waals surface area contributed by atoms with Crippen LogP contribution in [0.5, 0.6) is 5.75 Å². The van der Waals surface area contributed by atoms with Crippen molar-refractivity contribution < 1.29 is 9.53 Å². The van der Waals surface area contributed by atoms with Crippen LogP contribution in [0.1, 0.15) is 28.8 Å². The van der Waals surface area contributed by atoms with Gasteiger partial charge >= 0.3 is 0 Å². The number of H-pyrrole nitrogens is 1. The van der Waals surface area contributed by atoms with Gasteiger partial charge in [0.1, 0.15) is 16.4 Å². The number of aryl methyl sites for hydroxylation is 2. The molecule has 0 aliphatic heterocycles. The van der Waals surface area contributed by atoms with Crippen molar-refractivity contribution in [3.05, 3.63) is 56.4 Å². The molecular formula is C20H23N3O3S2. The Hall–Kier alpha value is -2.32. The van der Waals surface area contributed by atoms with E-state index in [2.05, 4.69) is 15.3 Å². The van der Waals surface area contributed by atoms with Gasteiger partial charge < -0.3 is 15.0 Å². The van der Waals surface area contributed by atoms with Crippen LogP contribution in [0.25, 0.3) is 10.2 Å². The molecule has 0 aliphatic carbocycles. The van der Waals surface area contributed by atoms with Crippen molar-refractivity contribution in [2.75, 3.05) is 7.11 Å². The Morgan fingerprint density at radius 1 is 1.32 bits per heavy atom. The number of amides is 1. The highest BCUT2D eigenvalue weighted by Crippen LogP contribution is 2.26. The Labute approximate surface area is 171 Å². The lowest BCUT2D eigenvalue weighted by Crippen LogP contribution is -2.30. The highest BCUT2D eigenvalue weighted by atomic mass is 32.2. The predicted molar refractivity (Wildman–Crippen MR) is 115 cm³/mol. The largest absolute Gasteiger partial charge is 0.497 e. The second-order valence-corrected chi connectivity index (χ2v) is 9.03. The van der Waals surface area contributed by atoms with Gasteiger partial charge in [-0.15, -0.1) is 23.1 Å². The number of ether oxygens (including phenoxy) is 1. The summed E-state index contributed by atoms with van der Waals surface area (Å²) >= 11 is 2.97. The van der Waals surface area contributed by atoms with E-state index in [9.17, 15) is 9.59 Å². The number of nitrogens with zero attached hydrogens (tertiary/aromatic N) is 1. The first kappa shape index (κ1) is 20.4. The molecule has 2 aromatic heterocycles. The molecule has 0 saturated heterocycles. The lowest BCUT2D eigenvalue weighted by Gasteiger charge is -2.12. The number of methoxy groups -OCH3 is 1. The van der Waals surface area contributed by atoms with Crippen molar-refractivity contribution >= 4 is 39.2 Å². The average Bonchev–Trinajstić information content (AvgIpc) is 2.98. The maximum Gasteiger partial charge on any atom is 0.259 e. The zero-order valence-electron chi connectivity index (χ0n) is 16.3. The summed E-state index contributed by atoms with van der Waals surface area (Å²) in [5.41, 5.74) is 1.88. The highest BCUT2D eigenvalue weighted by Gasteiger charge is 2.16. The minimum atomic E-state index is -0.258. The van der Waals surface area contributed by atoms with Gasteiger partial charge in [0.05, 0.1) is 23.5 Å².